The van der Waals surface area contributed by atoms with Gasteiger partial charge in [-0.15, -0.1) is 0 Å². The molecule has 2 rings (SSSR count). The molecule has 1 aromatic heterocycles. The summed E-state index contributed by atoms with van der Waals surface area (Å²) >= 11 is 0. The third-order valence-corrected chi connectivity index (χ3v) is 3.98. The SMILES string of the molecule is CCCCCNC(=O)c1cc(Nc2ccccc2C(C)C)nc(C)n1. The summed E-state index contributed by atoms with van der Waals surface area (Å²) in [6.45, 7) is 8.92. The summed E-state index contributed by atoms with van der Waals surface area (Å²) in [6.07, 6.45) is 3.23. The standard InChI is InChI=1S/C20H28N4O/c1-5-6-9-12-21-20(25)18-13-19(23-15(4)22-18)24-17-11-8-7-10-16(17)14(2)3/h7-8,10-11,13-14H,5-6,9,12H2,1-4H3,(H,21,25)(H,22,23,24). The third kappa shape index (κ3) is 5.55. The molecule has 0 aliphatic carbocycles. The number of carbonyl (C=O) groups is 1. The number of nitrogens with zero attached hydrogens (tertiary/aromatic N) is 2. The maximum Gasteiger partial charge on any atom is 0.270 e. The number of carbonyl (C=O) groups excluding carboxylic acids is 1. The van der Waals surface area contributed by atoms with Gasteiger partial charge in [-0.2, -0.15) is 0 Å². The van der Waals surface area contributed by atoms with Crippen molar-refractivity contribution < 1.29 is 4.79 Å². The highest BCUT2D eigenvalue weighted by atomic mass is 16.1. The lowest BCUT2D eigenvalue weighted by Gasteiger charge is -2.14. The second-order valence-electron chi connectivity index (χ2n) is 6.52. The van der Waals surface area contributed by atoms with Crippen LogP contribution in [-0.4, -0.2) is 22.4 Å². The average molecular weight is 340 g/mol. The summed E-state index contributed by atoms with van der Waals surface area (Å²) in [5.41, 5.74) is 2.61. The molecule has 0 spiro atoms. The van der Waals surface area contributed by atoms with Gasteiger partial charge in [0, 0.05) is 18.3 Å². The van der Waals surface area contributed by atoms with E-state index in [1.807, 2.05) is 18.2 Å². The van der Waals surface area contributed by atoms with Crippen molar-refractivity contribution in [3.63, 3.8) is 0 Å². The number of hydrogen-bond donors (Lipinski definition) is 2. The molecule has 0 unspecified atom stereocenters. The van der Waals surface area contributed by atoms with Gasteiger partial charge in [0.1, 0.15) is 17.3 Å². The van der Waals surface area contributed by atoms with Crippen molar-refractivity contribution in [2.75, 3.05) is 11.9 Å². The molecule has 2 N–H and O–H groups in total. The second-order valence-corrected chi connectivity index (χ2v) is 6.52. The van der Waals surface area contributed by atoms with E-state index in [4.69, 9.17) is 0 Å². The minimum absolute atomic E-state index is 0.151. The van der Waals surface area contributed by atoms with E-state index >= 15 is 0 Å². The van der Waals surface area contributed by atoms with Crippen LogP contribution in [0.4, 0.5) is 11.5 Å². The lowest BCUT2D eigenvalue weighted by atomic mass is 10.0. The molecule has 0 atom stereocenters. The zero-order valence-electron chi connectivity index (χ0n) is 15.6. The first kappa shape index (κ1) is 18.9. The Morgan fingerprint density at radius 2 is 1.92 bits per heavy atom. The number of para-hydroxylation sites is 1. The normalized spacial score (nSPS) is 10.8. The molecule has 5 heteroatoms. The van der Waals surface area contributed by atoms with Gasteiger partial charge in [0.05, 0.1) is 0 Å². The molecule has 25 heavy (non-hydrogen) atoms. The molecule has 0 radical (unpaired) electrons. The van der Waals surface area contributed by atoms with Gasteiger partial charge in [-0.3, -0.25) is 4.79 Å². The molecule has 0 fully saturated rings. The van der Waals surface area contributed by atoms with Gasteiger partial charge in [-0.25, -0.2) is 9.97 Å². The highest BCUT2D eigenvalue weighted by Crippen LogP contribution is 2.26. The molecule has 2 aromatic rings. The number of benzene rings is 1. The Morgan fingerprint density at radius 3 is 2.64 bits per heavy atom. The first-order valence-corrected chi connectivity index (χ1v) is 9.01. The highest BCUT2D eigenvalue weighted by Gasteiger charge is 2.12. The quantitative estimate of drug-likeness (QED) is 0.691. The van der Waals surface area contributed by atoms with E-state index < -0.39 is 0 Å². The van der Waals surface area contributed by atoms with Gasteiger partial charge < -0.3 is 10.6 Å². The summed E-state index contributed by atoms with van der Waals surface area (Å²) in [6, 6.07) is 9.85. The molecular formula is C20H28N4O. The number of amides is 1. The molecule has 5 nitrogen and oxygen atoms in total. The summed E-state index contributed by atoms with van der Waals surface area (Å²) in [4.78, 5) is 21.0. The first-order chi connectivity index (χ1) is 12.0. The molecular weight excluding hydrogens is 312 g/mol. The Bertz CT molecular complexity index is 713. The van der Waals surface area contributed by atoms with Crippen LogP contribution in [0.25, 0.3) is 0 Å². The van der Waals surface area contributed by atoms with Crippen molar-refractivity contribution in [3.05, 3.63) is 47.4 Å². The fourth-order valence-electron chi connectivity index (χ4n) is 2.67. The smallest absolute Gasteiger partial charge is 0.270 e. The molecule has 1 aromatic carbocycles. The van der Waals surface area contributed by atoms with Crippen molar-refractivity contribution in [1.82, 2.24) is 15.3 Å². The molecule has 0 saturated carbocycles. The average Bonchev–Trinajstić information content (AvgIpc) is 2.58. The molecule has 0 bridgehead atoms. The van der Waals surface area contributed by atoms with Gasteiger partial charge in [-0.1, -0.05) is 51.8 Å². The summed E-state index contributed by atoms with van der Waals surface area (Å²) < 4.78 is 0. The molecule has 1 amide bonds. The van der Waals surface area contributed by atoms with Crippen LogP contribution in [0.2, 0.25) is 0 Å². The van der Waals surface area contributed by atoms with Crippen molar-refractivity contribution in [3.8, 4) is 0 Å². The molecule has 1 heterocycles. The van der Waals surface area contributed by atoms with Crippen LogP contribution in [0.5, 0.6) is 0 Å². The van der Waals surface area contributed by atoms with E-state index in [1.54, 1.807) is 13.0 Å². The lowest BCUT2D eigenvalue weighted by molar-refractivity contribution is 0.0947. The molecule has 134 valence electrons. The number of hydrogen-bond acceptors (Lipinski definition) is 4. The predicted molar refractivity (Wildman–Crippen MR) is 102 cm³/mol. The summed E-state index contributed by atoms with van der Waals surface area (Å²) in [7, 11) is 0. The summed E-state index contributed by atoms with van der Waals surface area (Å²) in [5, 5.41) is 6.26. The topological polar surface area (TPSA) is 66.9 Å². The largest absolute Gasteiger partial charge is 0.351 e. The third-order valence-electron chi connectivity index (χ3n) is 3.98. The Balaban J connectivity index is 2.15. The minimum atomic E-state index is -0.151. The van der Waals surface area contributed by atoms with Crippen molar-refractivity contribution in [2.24, 2.45) is 0 Å². The van der Waals surface area contributed by atoms with Crippen molar-refractivity contribution >= 4 is 17.4 Å². The number of unbranched alkanes of at least 4 members (excludes halogenated alkanes) is 2. The van der Waals surface area contributed by atoms with E-state index in [-0.39, 0.29) is 5.91 Å². The van der Waals surface area contributed by atoms with Crippen LogP contribution < -0.4 is 10.6 Å². The van der Waals surface area contributed by atoms with Crippen LogP contribution in [0.3, 0.4) is 0 Å². The van der Waals surface area contributed by atoms with Crippen LogP contribution in [-0.2, 0) is 0 Å². The van der Waals surface area contributed by atoms with Crippen LogP contribution in [0, 0.1) is 6.92 Å². The van der Waals surface area contributed by atoms with Gasteiger partial charge >= 0.3 is 0 Å². The number of aromatic nitrogens is 2. The molecule has 0 aliphatic rings. The van der Waals surface area contributed by atoms with Crippen LogP contribution in [0.15, 0.2) is 30.3 Å². The molecule has 0 aliphatic heterocycles. The first-order valence-electron chi connectivity index (χ1n) is 9.01. The maximum absolute atomic E-state index is 12.3. The van der Waals surface area contributed by atoms with Crippen LogP contribution in [0.1, 0.15) is 67.8 Å². The van der Waals surface area contributed by atoms with E-state index in [2.05, 4.69) is 47.4 Å². The highest BCUT2D eigenvalue weighted by molar-refractivity contribution is 5.93. The number of anilines is 2. The van der Waals surface area contributed by atoms with Gasteiger partial charge in [0.25, 0.3) is 5.91 Å². The second kappa shape index (κ2) is 9.16. The van der Waals surface area contributed by atoms with E-state index in [1.165, 1.54) is 5.56 Å². The zero-order chi connectivity index (χ0) is 18.2. The van der Waals surface area contributed by atoms with Gasteiger partial charge in [0.15, 0.2) is 0 Å². The lowest BCUT2D eigenvalue weighted by Crippen LogP contribution is -2.25. The maximum atomic E-state index is 12.3. The number of rotatable bonds is 8. The predicted octanol–water partition coefficient (Wildman–Crippen LogP) is 4.57. The van der Waals surface area contributed by atoms with E-state index in [0.29, 0.717) is 29.8 Å². The fourth-order valence-corrected chi connectivity index (χ4v) is 2.67. The van der Waals surface area contributed by atoms with Crippen LogP contribution >= 0.6 is 0 Å². The Labute approximate surface area is 150 Å². The number of nitrogens with one attached hydrogen (secondary N) is 2. The van der Waals surface area contributed by atoms with Crippen molar-refractivity contribution in [1.29, 1.82) is 0 Å². The van der Waals surface area contributed by atoms with E-state index in [0.717, 1.165) is 24.9 Å². The Hall–Kier alpha value is -2.43. The van der Waals surface area contributed by atoms with Gasteiger partial charge in [-0.05, 0) is 30.9 Å². The number of aryl methyl sites for hydroxylation is 1. The monoisotopic (exact) mass is 340 g/mol. The molecule has 0 saturated heterocycles. The zero-order valence-corrected chi connectivity index (χ0v) is 15.6. The van der Waals surface area contributed by atoms with E-state index in [9.17, 15) is 4.79 Å². The summed E-state index contributed by atoms with van der Waals surface area (Å²) in [5.74, 6) is 1.46. The Kier molecular flexibility index (Phi) is 6.92. The fraction of sp³-hybridized carbons (Fsp3) is 0.450. The minimum Gasteiger partial charge on any atom is -0.351 e. The van der Waals surface area contributed by atoms with Gasteiger partial charge in [0.2, 0.25) is 0 Å². The van der Waals surface area contributed by atoms with Crippen molar-refractivity contribution in [2.45, 2.75) is 52.9 Å². The Morgan fingerprint density at radius 1 is 1.16 bits per heavy atom.